The zero-order valence-electron chi connectivity index (χ0n) is 46.4. The van der Waals surface area contributed by atoms with Gasteiger partial charge < -0.3 is 82.0 Å². The van der Waals surface area contributed by atoms with E-state index < -0.39 is 107 Å². The highest BCUT2D eigenvalue weighted by Crippen LogP contribution is 2.55. The Labute approximate surface area is 434 Å². The van der Waals surface area contributed by atoms with E-state index in [1.807, 2.05) is 41.5 Å². The normalized spacial score (nSPS) is 52.6. The quantitative estimate of drug-likeness (QED) is 0.128. The van der Waals surface area contributed by atoms with E-state index in [1.165, 1.54) is 0 Å². The lowest BCUT2D eigenvalue weighted by Crippen LogP contribution is -2.68. The number of aliphatic hydroxyl groups is 3. The van der Waals surface area contributed by atoms with Crippen molar-refractivity contribution in [1.29, 1.82) is 0 Å². The van der Waals surface area contributed by atoms with Gasteiger partial charge in [-0.3, -0.25) is 4.79 Å². The summed E-state index contributed by atoms with van der Waals surface area (Å²) in [7, 11) is 4.93. The number of carboxylic acids is 1. The van der Waals surface area contributed by atoms with Gasteiger partial charge in [0.05, 0.1) is 84.4 Å². The largest absolute Gasteiger partial charge is 0.481 e. The lowest BCUT2D eigenvalue weighted by molar-refractivity contribution is -0.387. The Kier molecular flexibility index (Phi) is 17.9. The van der Waals surface area contributed by atoms with Gasteiger partial charge in [0, 0.05) is 77.1 Å². The monoisotopic (exact) mass is 1040 g/mol. The summed E-state index contributed by atoms with van der Waals surface area (Å²) in [6, 6.07) is 0. The number of rotatable bonds is 16. The molecule has 18 nitrogen and oxygen atoms in total. The number of aliphatic hydroxyl groups excluding tert-OH is 1. The van der Waals surface area contributed by atoms with Crippen LogP contribution in [-0.2, 0) is 66.4 Å². The van der Waals surface area contributed by atoms with Crippen LogP contribution in [0.5, 0.6) is 0 Å². The molecule has 27 atom stereocenters. The molecule has 0 aliphatic carbocycles. The third-order valence-corrected chi connectivity index (χ3v) is 19.3. The Morgan fingerprint density at radius 2 is 1.36 bits per heavy atom. The summed E-state index contributed by atoms with van der Waals surface area (Å²) >= 11 is 0. The van der Waals surface area contributed by atoms with Gasteiger partial charge >= 0.3 is 5.97 Å². The van der Waals surface area contributed by atoms with Crippen LogP contribution in [-0.4, -0.2) is 174 Å². The highest BCUT2D eigenvalue weighted by Gasteiger charge is 2.65. The molecular formula is C55H94O18. The van der Waals surface area contributed by atoms with Crippen molar-refractivity contribution in [2.45, 2.75) is 286 Å². The van der Waals surface area contributed by atoms with Crippen molar-refractivity contribution in [3.05, 3.63) is 0 Å². The Morgan fingerprint density at radius 1 is 0.712 bits per heavy atom. The molecule has 8 rings (SSSR count). The molecule has 73 heavy (non-hydrogen) atoms. The van der Waals surface area contributed by atoms with Crippen LogP contribution in [0.15, 0.2) is 0 Å². The maximum atomic E-state index is 13.0. The number of hydrogen-bond acceptors (Lipinski definition) is 17. The fourth-order valence-corrected chi connectivity index (χ4v) is 14.5. The van der Waals surface area contributed by atoms with Gasteiger partial charge in [-0.1, -0.05) is 48.0 Å². The first kappa shape index (κ1) is 58.0. The Hall–Kier alpha value is -1.17. The second-order valence-corrected chi connectivity index (χ2v) is 24.5. The van der Waals surface area contributed by atoms with Gasteiger partial charge in [0.15, 0.2) is 29.9 Å². The molecule has 0 radical (unpaired) electrons. The minimum absolute atomic E-state index is 0.0105. The third-order valence-electron chi connectivity index (χ3n) is 19.3. The predicted molar refractivity (Wildman–Crippen MR) is 264 cm³/mol. The summed E-state index contributed by atoms with van der Waals surface area (Å²) in [6.45, 7) is 21.5. The minimum atomic E-state index is -2.15. The summed E-state index contributed by atoms with van der Waals surface area (Å²) < 4.78 is 85.8. The predicted octanol–water partition coefficient (Wildman–Crippen LogP) is 6.63. The van der Waals surface area contributed by atoms with E-state index >= 15 is 0 Å². The molecule has 1 unspecified atom stereocenters. The van der Waals surface area contributed by atoms with Gasteiger partial charge in [0.1, 0.15) is 18.1 Å². The Morgan fingerprint density at radius 3 is 1.95 bits per heavy atom. The lowest BCUT2D eigenvalue weighted by Gasteiger charge is -2.55. The average Bonchev–Trinajstić information content (AvgIpc) is 4.05. The van der Waals surface area contributed by atoms with Crippen molar-refractivity contribution in [3.8, 4) is 0 Å². The molecule has 1 spiro atoms. The van der Waals surface area contributed by atoms with Gasteiger partial charge in [0.25, 0.3) is 0 Å². The zero-order valence-corrected chi connectivity index (χ0v) is 46.4. The number of carbonyl (C=O) groups is 1. The van der Waals surface area contributed by atoms with Gasteiger partial charge in [-0.2, -0.15) is 0 Å². The van der Waals surface area contributed by atoms with Gasteiger partial charge in [-0.25, -0.2) is 0 Å². The second-order valence-electron chi connectivity index (χ2n) is 24.5. The van der Waals surface area contributed by atoms with E-state index in [-0.39, 0.29) is 73.5 Å². The van der Waals surface area contributed by atoms with E-state index in [4.69, 9.17) is 61.6 Å². The first-order chi connectivity index (χ1) is 34.3. The number of carboxylic acid groups (broad SMARTS) is 1. The van der Waals surface area contributed by atoms with E-state index in [1.54, 1.807) is 35.2 Å². The van der Waals surface area contributed by atoms with Crippen molar-refractivity contribution in [2.24, 2.45) is 35.5 Å². The van der Waals surface area contributed by atoms with Gasteiger partial charge in [0.2, 0.25) is 0 Å². The third kappa shape index (κ3) is 11.4. The first-order valence-corrected chi connectivity index (χ1v) is 28.0. The summed E-state index contributed by atoms with van der Waals surface area (Å²) in [5.41, 5.74) is -1.60. The lowest BCUT2D eigenvalue weighted by atomic mass is 9.73. The van der Waals surface area contributed by atoms with Crippen molar-refractivity contribution < 1.29 is 86.8 Å². The number of aliphatic carboxylic acids is 1. The molecule has 8 aliphatic heterocycles. The van der Waals surface area contributed by atoms with Crippen LogP contribution in [0.2, 0.25) is 0 Å². The molecule has 8 aliphatic rings. The first-order valence-electron chi connectivity index (χ1n) is 28.0. The zero-order chi connectivity index (χ0) is 53.2. The van der Waals surface area contributed by atoms with Crippen LogP contribution in [0.1, 0.15) is 160 Å². The van der Waals surface area contributed by atoms with Crippen LogP contribution in [0.4, 0.5) is 0 Å². The van der Waals surface area contributed by atoms with Crippen molar-refractivity contribution in [1.82, 2.24) is 0 Å². The number of methoxy groups -OCH3 is 3. The SMILES string of the molecule is CCCC(C(=O)O)[C@@]1(O)O[C@@H]([C@H](C)[C@H]2O[C@@]3(CC[C@@](C)([C@H]4CC[C@@](C)([C@@H]5O[C@@H]([C@H]6O[C@](C)(O)[C@H](C)C[C@@H]6C)C[C@@H]5O[C@H]5CC[C@H](OC)[C@@H](C)O5)O4)O3)C[C@H](O)[C@H]2C)[C@H](OC)[C@@H](O[C@H]2CC[C@H](OC)[C@@H](C)O2)[C@@H]1C. The topological polar surface area (TPSA) is 218 Å². The molecule has 8 saturated heterocycles. The molecule has 422 valence electrons. The standard InChI is InChI=1S/C55H94O18/c1-15-16-35(50(57)58)55(60)32(6)47(68-43-20-18-38(62-13)34(8)65-43)48(63-14)46(72-55)31(5)45-30(4)36(56)27-54(71-45)24-23-51(9,73-54)41-21-22-52(10,69-41)49-40(66-42-19-17-37(61-12)33(7)64-42)26-39(67-49)44-28(2)25-29(3)53(11,59)70-44/h28-49,56,59-60H,15-27H2,1-14H3,(H,57,58)/t28-,29+,30+,31+,32-,33+,34+,35?,36-,37-,38-,39+,40-,41+,42-,43-,44-,45-,46-,47-,48-,49+,51-,52-,53-,54+,55-/m0/s1. The van der Waals surface area contributed by atoms with Gasteiger partial charge in [-0.05, 0) is 85.5 Å². The van der Waals surface area contributed by atoms with Crippen LogP contribution in [0, 0.1) is 35.5 Å². The second kappa shape index (κ2) is 22.5. The summed E-state index contributed by atoms with van der Waals surface area (Å²) in [5, 5.41) is 46.6. The number of ether oxygens (including phenoxy) is 13. The molecule has 4 N–H and O–H groups in total. The highest BCUT2D eigenvalue weighted by molar-refractivity contribution is 5.71. The van der Waals surface area contributed by atoms with Crippen LogP contribution < -0.4 is 0 Å². The molecular weight excluding hydrogens is 949 g/mol. The fraction of sp³-hybridized carbons (Fsp3) is 0.982. The molecule has 0 amide bonds. The van der Waals surface area contributed by atoms with E-state index in [0.29, 0.717) is 57.8 Å². The molecule has 0 bridgehead atoms. The maximum absolute atomic E-state index is 13.0. The fourth-order valence-electron chi connectivity index (χ4n) is 14.5. The molecule has 0 aromatic heterocycles. The molecule has 0 aromatic carbocycles. The van der Waals surface area contributed by atoms with E-state index in [2.05, 4.69) is 20.8 Å². The summed E-state index contributed by atoms with van der Waals surface area (Å²) in [6.07, 6.45) is -0.227. The molecule has 18 heteroatoms. The van der Waals surface area contributed by atoms with E-state index in [0.717, 1.165) is 12.8 Å². The summed E-state index contributed by atoms with van der Waals surface area (Å²) in [5.74, 6) is -8.78. The van der Waals surface area contributed by atoms with Crippen LogP contribution >= 0.6 is 0 Å². The van der Waals surface area contributed by atoms with Crippen molar-refractivity contribution in [2.75, 3.05) is 21.3 Å². The van der Waals surface area contributed by atoms with Crippen LogP contribution in [0.3, 0.4) is 0 Å². The van der Waals surface area contributed by atoms with Crippen molar-refractivity contribution in [3.63, 3.8) is 0 Å². The Balaban J connectivity index is 1.01. The average molecular weight is 1040 g/mol. The molecule has 8 heterocycles. The summed E-state index contributed by atoms with van der Waals surface area (Å²) in [4.78, 5) is 13.0. The molecule has 0 saturated carbocycles. The highest BCUT2D eigenvalue weighted by atomic mass is 16.7. The van der Waals surface area contributed by atoms with Crippen molar-refractivity contribution >= 4 is 5.97 Å². The Bertz CT molecular complexity index is 1840. The minimum Gasteiger partial charge on any atom is -0.481 e. The number of hydrogen-bond donors (Lipinski definition) is 4. The molecule has 0 aromatic rings. The van der Waals surface area contributed by atoms with Crippen LogP contribution in [0.25, 0.3) is 0 Å². The van der Waals surface area contributed by atoms with Gasteiger partial charge in [-0.15, -0.1) is 0 Å². The van der Waals surface area contributed by atoms with E-state index in [9.17, 15) is 25.2 Å². The maximum Gasteiger partial charge on any atom is 0.311 e. The molecule has 8 fully saturated rings. The smallest absolute Gasteiger partial charge is 0.311 e.